The number of carbonyl (C=O) groups is 1. The lowest BCUT2D eigenvalue weighted by molar-refractivity contribution is 0.0240. The molecule has 5 rings (SSSR count). The van der Waals surface area contributed by atoms with E-state index in [1.807, 2.05) is 44.7 Å². The highest BCUT2D eigenvalue weighted by molar-refractivity contribution is 6.33. The topological polar surface area (TPSA) is 107 Å². The Balaban J connectivity index is 1.56. The van der Waals surface area contributed by atoms with E-state index in [9.17, 15) is 10.1 Å². The Bertz CT molecular complexity index is 1600. The van der Waals surface area contributed by atoms with Crippen LogP contribution in [0, 0.1) is 18.3 Å². The largest absolute Gasteiger partial charge is 0.454 e. The highest BCUT2D eigenvalue weighted by Gasteiger charge is 2.29. The van der Waals surface area contributed by atoms with E-state index in [1.165, 1.54) is 0 Å². The summed E-state index contributed by atoms with van der Waals surface area (Å²) in [6.45, 7) is 9.24. The number of halogens is 2. The van der Waals surface area contributed by atoms with Crippen LogP contribution in [0.3, 0.4) is 0 Å². The Hall–Kier alpha value is -3.74. The summed E-state index contributed by atoms with van der Waals surface area (Å²) in [6.07, 6.45) is 1.34. The van der Waals surface area contributed by atoms with Gasteiger partial charge in [0.15, 0.2) is 5.75 Å². The van der Waals surface area contributed by atoms with Crippen molar-refractivity contribution in [3.8, 4) is 17.6 Å². The van der Waals surface area contributed by atoms with E-state index in [-0.39, 0.29) is 16.8 Å². The van der Waals surface area contributed by atoms with Crippen LogP contribution in [-0.2, 0) is 4.74 Å². The van der Waals surface area contributed by atoms with Crippen LogP contribution in [0.2, 0.25) is 10.2 Å². The molecule has 1 saturated heterocycles. The van der Waals surface area contributed by atoms with Crippen LogP contribution >= 0.6 is 23.2 Å². The fraction of sp³-hybridized carbons (Fsp3) is 0.333. The Labute approximate surface area is 229 Å². The Morgan fingerprint density at radius 2 is 1.87 bits per heavy atom. The van der Waals surface area contributed by atoms with Crippen molar-refractivity contribution in [2.75, 3.05) is 31.1 Å². The van der Waals surface area contributed by atoms with Gasteiger partial charge < -0.3 is 19.3 Å². The van der Waals surface area contributed by atoms with Crippen molar-refractivity contribution in [3.63, 3.8) is 0 Å². The lowest BCUT2D eigenvalue weighted by Gasteiger charge is -2.37. The number of aryl methyl sites for hydroxylation is 1. The molecule has 11 heteroatoms. The van der Waals surface area contributed by atoms with Crippen molar-refractivity contribution >= 4 is 56.8 Å². The summed E-state index contributed by atoms with van der Waals surface area (Å²) in [7, 11) is 0. The van der Waals surface area contributed by atoms with Gasteiger partial charge in [0.25, 0.3) is 0 Å². The number of aromatic nitrogens is 3. The molecule has 0 atom stereocenters. The first-order chi connectivity index (χ1) is 18.1. The zero-order chi connectivity index (χ0) is 27.2. The standard InChI is InChI=1S/C27H26Cl2N6O3/c1-15-5-6-20-19(14-31-33-20)24(15)37-21-12-16(28)11-17-22(21)32-25(29)18(13-30)23(17)34-7-9-35(10-8-34)26(36)38-27(2,3)4/h5-6,11-12,14H,7-10H2,1-4H3,(H,31,33). The monoisotopic (exact) mass is 552 g/mol. The molecule has 38 heavy (non-hydrogen) atoms. The number of ether oxygens (including phenoxy) is 2. The maximum atomic E-state index is 12.6. The number of piperazine rings is 1. The van der Waals surface area contributed by atoms with Crippen LogP contribution in [0.4, 0.5) is 10.5 Å². The molecule has 0 saturated carbocycles. The fourth-order valence-electron chi connectivity index (χ4n) is 4.55. The average molecular weight is 553 g/mol. The lowest BCUT2D eigenvalue weighted by atomic mass is 10.1. The molecule has 2 aromatic carbocycles. The van der Waals surface area contributed by atoms with E-state index in [1.54, 1.807) is 23.2 Å². The highest BCUT2D eigenvalue weighted by atomic mass is 35.5. The van der Waals surface area contributed by atoms with Crippen molar-refractivity contribution < 1.29 is 14.3 Å². The maximum Gasteiger partial charge on any atom is 0.410 e. The van der Waals surface area contributed by atoms with Crippen LogP contribution in [0.5, 0.6) is 11.5 Å². The fourth-order valence-corrected chi connectivity index (χ4v) is 4.97. The molecular weight excluding hydrogens is 527 g/mol. The average Bonchev–Trinajstić information content (AvgIpc) is 3.33. The molecule has 0 spiro atoms. The van der Waals surface area contributed by atoms with Gasteiger partial charge in [0, 0.05) is 42.7 Å². The minimum atomic E-state index is -0.580. The van der Waals surface area contributed by atoms with Crippen molar-refractivity contribution in [2.24, 2.45) is 0 Å². The molecule has 1 aliphatic heterocycles. The summed E-state index contributed by atoms with van der Waals surface area (Å²) in [5.74, 6) is 1.03. The van der Waals surface area contributed by atoms with E-state index in [4.69, 9.17) is 32.7 Å². The number of H-pyrrole nitrogens is 1. The molecule has 2 aromatic heterocycles. The molecule has 1 amide bonds. The van der Waals surface area contributed by atoms with E-state index < -0.39 is 5.60 Å². The van der Waals surface area contributed by atoms with Gasteiger partial charge in [-0.15, -0.1) is 0 Å². The maximum absolute atomic E-state index is 12.6. The summed E-state index contributed by atoms with van der Waals surface area (Å²) >= 11 is 13.1. The van der Waals surface area contributed by atoms with E-state index >= 15 is 0 Å². The molecule has 0 bridgehead atoms. The van der Waals surface area contributed by atoms with Gasteiger partial charge in [0.1, 0.15) is 33.7 Å². The molecule has 1 fully saturated rings. The molecular formula is C27H26Cl2N6O3. The number of benzene rings is 2. The Morgan fingerprint density at radius 1 is 1.13 bits per heavy atom. The van der Waals surface area contributed by atoms with Crippen LogP contribution in [0.1, 0.15) is 31.9 Å². The number of nitrogens with one attached hydrogen (secondary N) is 1. The normalized spacial score (nSPS) is 14.1. The predicted octanol–water partition coefficient (Wildman–Crippen LogP) is 6.45. The number of nitriles is 1. The first kappa shape index (κ1) is 25.9. The third-order valence-corrected chi connectivity index (χ3v) is 6.78. The summed E-state index contributed by atoms with van der Waals surface area (Å²) in [4.78, 5) is 20.8. The molecule has 1 N–H and O–H groups in total. The number of anilines is 1. The molecule has 9 nitrogen and oxygen atoms in total. The zero-order valence-electron chi connectivity index (χ0n) is 21.4. The molecule has 0 unspecified atom stereocenters. The number of nitrogens with zero attached hydrogens (tertiary/aromatic N) is 5. The number of rotatable bonds is 3. The third kappa shape index (κ3) is 4.89. The molecule has 0 radical (unpaired) electrons. The highest BCUT2D eigenvalue weighted by Crippen LogP contribution is 2.42. The number of carbonyl (C=O) groups excluding carboxylic acids is 1. The summed E-state index contributed by atoms with van der Waals surface area (Å²) in [5.41, 5.74) is 2.48. The van der Waals surface area contributed by atoms with Crippen molar-refractivity contribution in [1.82, 2.24) is 20.1 Å². The minimum absolute atomic E-state index is 0.0648. The van der Waals surface area contributed by atoms with Crippen molar-refractivity contribution in [3.05, 3.63) is 51.8 Å². The quantitative estimate of drug-likeness (QED) is 0.291. The van der Waals surface area contributed by atoms with E-state index in [0.717, 1.165) is 16.5 Å². The predicted molar refractivity (Wildman–Crippen MR) is 147 cm³/mol. The summed E-state index contributed by atoms with van der Waals surface area (Å²) < 4.78 is 11.9. The number of amides is 1. The van der Waals surface area contributed by atoms with Crippen molar-refractivity contribution in [1.29, 1.82) is 5.26 Å². The Morgan fingerprint density at radius 3 is 2.55 bits per heavy atom. The number of fused-ring (bicyclic) bond motifs is 2. The zero-order valence-corrected chi connectivity index (χ0v) is 22.9. The van der Waals surface area contributed by atoms with Gasteiger partial charge in [-0.2, -0.15) is 10.4 Å². The van der Waals surface area contributed by atoms with Gasteiger partial charge in [0.05, 0.1) is 22.8 Å². The molecule has 4 aromatic rings. The van der Waals surface area contributed by atoms with Crippen LogP contribution in [-0.4, -0.2) is 58.0 Å². The number of aromatic amines is 1. The minimum Gasteiger partial charge on any atom is -0.454 e. The smallest absolute Gasteiger partial charge is 0.410 e. The van der Waals surface area contributed by atoms with Crippen molar-refractivity contribution in [2.45, 2.75) is 33.3 Å². The second kappa shape index (κ2) is 9.86. The molecule has 3 heterocycles. The summed E-state index contributed by atoms with van der Waals surface area (Å²) in [5, 5.41) is 19.0. The van der Waals surface area contributed by atoms with Crippen LogP contribution < -0.4 is 9.64 Å². The van der Waals surface area contributed by atoms with Gasteiger partial charge in [-0.1, -0.05) is 29.3 Å². The van der Waals surface area contributed by atoms with Gasteiger partial charge in [-0.05, 0) is 45.4 Å². The third-order valence-electron chi connectivity index (χ3n) is 6.29. The number of hydrogen-bond acceptors (Lipinski definition) is 7. The van der Waals surface area contributed by atoms with Gasteiger partial charge in [0.2, 0.25) is 0 Å². The first-order valence-electron chi connectivity index (χ1n) is 12.1. The second-order valence-corrected chi connectivity index (χ2v) is 10.9. The molecule has 0 aliphatic carbocycles. The van der Waals surface area contributed by atoms with Gasteiger partial charge in [-0.3, -0.25) is 5.10 Å². The van der Waals surface area contributed by atoms with Crippen LogP contribution in [0.15, 0.2) is 30.5 Å². The van der Waals surface area contributed by atoms with Gasteiger partial charge >= 0.3 is 6.09 Å². The SMILES string of the molecule is Cc1ccc2[nH]ncc2c1Oc1cc(Cl)cc2c(N3CCN(C(=O)OC(C)(C)C)CC3)c(C#N)c(Cl)nc12. The van der Waals surface area contributed by atoms with E-state index in [0.29, 0.717) is 59.3 Å². The summed E-state index contributed by atoms with van der Waals surface area (Å²) in [6, 6.07) is 9.51. The Kier molecular flexibility index (Phi) is 6.72. The molecule has 1 aliphatic rings. The van der Waals surface area contributed by atoms with E-state index in [2.05, 4.69) is 21.3 Å². The molecule has 196 valence electrons. The number of pyridine rings is 1. The second-order valence-electron chi connectivity index (χ2n) is 10.1. The van der Waals surface area contributed by atoms with Crippen LogP contribution in [0.25, 0.3) is 21.8 Å². The number of hydrogen-bond donors (Lipinski definition) is 1. The lowest BCUT2D eigenvalue weighted by Crippen LogP contribution is -2.50. The van der Waals surface area contributed by atoms with Gasteiger partial charge in [-0.25, -0.2) is 9.78 Å². The first-order valence-corrected chi connectivity index (χ1v) is 12.9.